The summed E-state index contributed by atoms with van der Waals surface area (Å²) >= 11 is 5.27. The molecule has 0 spiro atoms. The first-order chi connectivity index (χ1) is 9.56. The first-order valence-electron chi connectivity index (χ1n) is 7.12. The van der Waals surface area contributed by atoms with Gasteiger partial charge in [-0.15, -0.1) is 0 Å². The van der Waals surface area contributed by atoms with E-state index in [1.807, 2.05) is 0 Å². The predicted octanol–water partition coefficient (Wildman–Crippen LogP) is 4.80. The number of hydrogen-bond acceptors (Lipinski definition) is 1. The first kappa shape index (κ1) is 13.7. The molecule has 2 nitrogen and oxygen atoms in total. The largest absolute Gasteiger partial charge is 0.330 e. The van der Waals surface area contributed by atoms with E-state index in [2.05, 4.69) is 11.9 Å². The molecule has 1 aliphatic rings. The second kappa shape index (κ2) is 5.28. The number of fused-ring (bicyclic) bond motifs is 1. The van der Waals surface area contributed by atoms with Crippen LogP contribution >= 0.6 is 12.2 Å². The molecule has 1 N–H and O–H groups in total. The van der Waals surface area contributed by atoms with Crippen LogP contribution in [0.4, 0.5) is 8.78 Å². The third kappa shape index (κ3) is 2.39. The number of H-pyrrole nitrogens is 1. The molecule has 0 bridgehead atoms. The van der Waals surface area contributed by atoms with Crippen molar-refractivity contribution in [2.45, 2.75) is 39.2 Å². The summed E-state index contributed by atoms with van der Waals surface area (Å²) in [4.78, 5) is 2.97. The van der Waals surface area contributed by atoms with Gasteiger partial charge in [0.15, 0.2) is 16.4 Å². The summed E-state index contributed by atoms with van der Waals surface area (Å²) in [6, 6.07) is 2.68. The zero-order valence-corrected chi connectivity index (χ0v) is 12.3. The Bertz CT molecular complexity index is 689. The topological polar surface area (TPSA) is 20.7 Å². The summed E-state index contributed by atoms with van der Waals surface area (Å²) < 4.78 is 29.7. The van der Waals surface area contributed by atoms with Crippen molar-refractivity contribution in [2.75, 3.05) is 0 Å². The minimum atomic E-state index is -0.822. The molecule has 108 valence electrons. The summed E-state index contributed by atoms with van der Waals surface area (Å²) in [7, 11) is 0. The standard InChI is InChI=1S/C15H18F2N2S/c1-9-3-2-4-10(7-9)8-19-14-12(18-15(19)20)6-5-11(16)13(14)17/h5-6,9-10H,2-4,7-8H2,1H3,(H,18,20). The molecule has 1 fully saturated rings. The minimum Gasteiger partial charge on any atom is -0.330 e. The highest BCUT2D eigenvalue weighted by atomic mass is 32.1. The van der Waals surface area contributed by atoms with Gasteiger partial charge < -0.3 is 9.55 Å². The van der Waals surface area contributed by atoms with Crippen molar-refractivity contribution in [3.8, 4) is 0 Å². The lowest BCUT2D eigenvalue weighted by atomic mass is 9.82. The highest BCUT2D eigenvalue weighted by Crippen LogP contribution is 2.31. The molecule has 3 rings (SSSR count). The van der Waals surface area contributed by atoms with Crippen LogP contribution < -0.4 is 0 Å². The molecular formula is C15H18F2N2S. The van der Waals surface area contributed by atoms with Crippen LogP contribution in [-0.4, -0.2) is 9.55 Å². The summed E-state index contributed by atoms with van der Waals surface area (Å²) in [6.45, 7) is 2.92. The summed E-state index contributed by atoms with van der Waals surface area (Å²) in [5, 5.41) is 0. The fourth-order valence-electron chi connectivity index (χ4n) is 3.35. The van der Waals surface area contributed by atoms with Gasteiger partial charge >= 0.3 is 0 Å². The van der Waals surface area contributed by atoms with E-state index in [9.17, 15) is 8.78 Å². The van der Waals surface area contributed by atoms with Crippen LogP contribution in [0, 0.1) is 28.2 Å². The molecule has 5 heteroatoms. The van der Waals surface area contributed by atoms with Crippen LogP contribution in [-0.2, 0) is 6.54 Å². The van der Waals surface area contributed by atoms with E-state index in [1.165, 1.54) is 12.8 Å². The number of rotatable bonds is 2. The molecule has 0 radical (unpaired) electrons. The Morgan fingerprint density at radius 2 is 2.15 bits per heavy atom. The van der Waals surface area contributed by atoms with Gasteiger partial charge in [0.1, 0.15) is 5.52 Å². The number of benzene rings is 1. The Labute approximate surface area is 121 Å². The SMILES string of the molecule is CC1CCCC(Cn2c(=S)[nH]c3ccc(F)c(F)c32)C1. The molecule has 1 aromatic heterocycles. The fraction of sp³-hybridized carbons (Fsp3) is 0.533. The molecule has 2 atom stereocenters. The molecular weight excluding hydrogens is 278 g/mol. The van der Waals surface area contributed by atoms with Crippen molar-refractivity contribution in [1.29, 1.82) is 0 Å². The molecule has 1 aliphatic carbocycles. The van der Waals surface area contributed by atoms with Crippen LogP contribution in [0.25, 0.3) is 11.0 Å². The van der Waals surface area contributed by atoms with Crippen molar-refractivity contribution in [2.24, 2.45) is 11.8 Å². The summed E-state index contributed by atoms with van der Waals surface area (Å²) in [6.07, 6.45) is 4.73. The quantitative estimate of drug-likeness (QED) is 0.789. The molecule has 1 saturated carbocycles. The first-order valence-corrected chi connectivity index (χ1v) is 7.53. The predicted molar refractivity (Wildman–Crippen MR) is 78.2 cm³/mol. The highest BCUT2D eigenvalue weighted by Gasteiger charge is 2.21. The monoisotopic (exact) mass is 296 g/mol. The van der Waals surface area contributed by atoms with Crippen LogP contribution in [0.2, 0.25) is 0 Å². The van der Waals surface area contributed by atoms with Crippen molar-refractivity contribution in [3.63, 3.8) is 0 Å². The maximum absolute atomic E-state index is 14.0. The van der Waals surface area contributed by atoms with Gasteiger partial charge in [-0.2, -0.15) is 0 Å². The number of aromatic amines is 1. The van der Waals surface area contributed by atoms with Crippen molar-refractivity contribution in [1.82, 2.24) is 9.55 Å². The van der Waals surface area contributed by atoms with Crippen LogP contribution in [0.3, 0.4) is 0 Å². The van der Waals surface area contributed by atoms with E-state index in [4.69, 9.17) is 12.2 Å². The third-order valence-electron chi connectivity index (χ3n) is 4.31. The average molecular weight is 296 g/mol. The maximum Gasteiger partial charge on any atom is 0.184 e. The molecule has 20 heavy (non-hydrogen) atoms. The molecule has 0 aliphatic heterocycles. The lowest BCUT2D eigenvalue weighted by Gasteiger charge is -2.27. The number of halogens is 2. The van der Waals surface area contributed by atoms with Crippen LogP contribution in [0.1, 0.15) is 32.6 Å². The number of aromatic nitrogens is 2. The van der Waals surface area contributed by atoms with Gasteiger partial charge in [0.25, 0.3) is 0 Å². The van der Waals surface area contributed by atoms with Gasteiger partial charge in [0.2, 0.25) is 0 Å². The lowest BCUT2D eigenvalue weighted by molar-refractivity contribution is 0.257. The Balaban J connectivity index is 2.00. The normalized spacial score (nSPS) is 23.4. The maximum atomic E-state index is 14.0. The molecule has 0 saturated heterocycles. The third-order valence-corrected chi connectivity index (χ3v) is 4.63. The minimum absolute atomic E-state index is 0.272. The van der Waals surface area contributed by atoms with Crippen molar-refractivity contribution < 1.29 is 8.78 Å². The Morgan fingerprint density at radius 3 is 2.90 bits per heavy atom. The molecule has 2 unspecified atom stereocenters. The fourth-order valence-corrected chi connectivity index (χ4v) is 3.62. The van der Waals surface area contributed by atoms with Crippen molar-refractivity contribution >= 4 is 23.3 Å². The van der Waals surface area contributed by atoms with Gasteiger partial charge in [0.05, 0.1) is 5.52 Å². The smallest absolute Gasteiger partial charge is 0.184 e. The Hall–Kier alpha value is -1.23. The Morgan fingerprint density at radius 1 is 1.35 bits per heavy atom. The molecule has 1 heterocycles. The Kier molecular flexibility index (Phi) is 3.63. The second-order valence-corrected chi connectivity index (χ2v) is 6.32. The van der Waals surface area contributed by atoms with Crippen LogP contribution in [0.15, 0.2) is 12.1 Å². The van der Waals surface area contributed by atoms with E-state index in [-0.39, 0.29) is 5.52 Å². The molecule has 2 aromatic rings. The van der Waals surface area contributed by atoms with E-state index >= 15 is 0 Å². The van der Waals surface area contributed by atoms with Gasteiger partial charge in [-0.3, -0.25) is 0 Å². The zero-order valence-electron chi connectivity index (χ0n) is 11.5. The number of nitrogens with zero attached hydrogens (tertiary/aromatic N) is 1. The number of hydrogen-bond donors (Lipinski definition) is 1. The second-order valence-electron chi connectivity index (χ2n) is 5.94. The van der Waals surface area contributed by atoms with Gasteiger partial charge in [0, 0.05) is 6.54 Å². The molecule has 0 amide bonds. The van der Waals surface area contributed by atoms with Crippen molar-refractivity contribution in [3.05, 3.63) is 28.5 Å². The summed E-state index contributed by atoms with van der Waals surface area (Å²) in [5.74, 6) is -0.433. The highest BCUT2D eigenvalue weighted by molar-refractivity contribution is 7.71. The van der Waals surface area contributed by atoms with E-state index in [0.29, 0.717) is 28.7 Å². The van der Waals surface area contributed by atoms with E-state index < -0.39 is 11.6 Å². The van der Waals surface area contributed by atoms with Gasteiger partial charge in [-0.25, -0.2) is 8.78 Å². The lowest BCUT2D eigenvalue weighted by Crippen LogP contribution is -2.19. The number of nitrogens with one attached hydrogen (secondary N) is 1. The molecule has 1 aromatic carbocycles. The van der Waals surface area contributed by atoms with E-state index in [0.717, 1.165) is 18.9 Å². The van der Waals surface area contributed by atoms with Crippen LogP contribution in [0.5, 0.6) is 0 Å². The van der Waals surface area contributed by atoms with Gasteiger partial charge in [-0.1, -0.05) is 19.8 Å². The number of imidazole rings is 1. The average Bonchev–Trinajstić information content (AvgIpc) is 2.72. The zero-order chi connectivity index (χ0) is 14.3. The summed E-state index contributed by atoms with van der Waals surface area (Å²) in [5.41, 5.74) is 0.839. The van der Waals surface area contributed by atoms with E-state index in [1.54, 1.807) is 10.6 Å². The van der Waals surface area contributed by atoms with Gasteiger partial charge in [-0.05, 0) is 49.0 Å².